The number of nitrogens with zero attached hydrogens (tertiary/aromatic N) is 1. The van der Waals surface area contributed by atoms with E-state index in [1.807, 2.05) is 12.1 Å². The molecule has 2 aromatic carbocycles. The summed E-state index contributed by atoms with van der Waals surface area (Å²) in [5.41, 5.74) is 2.53. The quantitative estimate of drug-likeness (QED) is 0.907. The van der Waals surface area contributed by atoms with Gasteiger partial charge in [0.15, 0.2) is 11.6 Å². The number of anilines is 1. The first-order chi connectivity index (χ1) is 12.1. The molecule has 0 saturated carbocycles. The van der Waals surface area contributed by atoms with E-state index in [0.717, 1.165) is 18.8 Å². The van der Waals surface area contributed by atoms with Crippen molar-refractivity contribution in [3.63, 3.8) is 0 Å². The predicted molar refractivity (Wildman–Crippen MR) is 98.1 cm³/mol. The second-order valence-electron chi connectivity index (χ2n) is 6.00. The molecular weight excluding hydrogens is 314 g/mol. The van der Waals surface area contributed by atoms with Crippen LogP contribution < -0.4 is 4.90 Å². The van der Waals surface area contributed by atoms with Crippen LogP contribution in [0.4, 0.5) is 5.69 Å². The maximum absolute atomic E-state index is 12.7. The standard InChI is InChI=1S/C21H21NO3/c1-3-22(4-2)15-11-9-14(10-12-15)20(24)18-13-19(23)16-7-5-6-8-17(16)21(18)25/h5-13,20,24H,3-4H2,1-2H3. The van der Waals surface area contributed by atoms with E-state index in [1.165, 1.54) is 6.08 Å². The monoisotopic (exact) mass is 335 g/mol. The van der Waals surface area contributed by atoms with Crippen LogP contribution in [0.5, 0.6) is 0 Å². The Hall–Kier alpha value is -2.72. The van der Waals surface area contributed by atoms with E-state index in [2.05, 4.69) is 18.7 Å². The first-order valence-electron chi connectivity index (χ1n) is 8.49. The first kappa shape index (κ1) is 17.1. The molecule has 4 nitrogen and oxygen atoms in total. The third kappa shape index (κ3) is 3.13. The molecule has 2 aromatic rings. The number of fused-ring (bicyclic) bond motifs is 1. The number of hydrogen-bond acceptors (Lipinski definition) is 4. The lowest BCUT2D eigenvalue weighted by atomic mass is 9.85. The van der Waals surface area contributed by atoms with Crippen LogP contribution in [0, 0.1) is 0 Å². The molecule has 0 heterocycles. The van der Waals surface area contributed by atoms with Crippen LogP contribution in [0.25, 0.3) is 0 Å². The van der Waals surface area contributed by atoms with E-state index in [1.54, 1.807) is 36.4 Å². The highest BCUT2D eigenvalue weighted by molar-refractivity contribution is 6.24. The van der Waals surface area contributed by atoms with Gasteiger partial charge in [-0.05, 0) is 37.6 Å². The molecule has 1 aliphatic rings. The topological polar surface area (TPSA) is 57.6 Å². The van der Waals surface area contributed by atoms with Crippen molar-refractivity contribution in [3.05, 3.63) is 76.9 Å². The van der Waals surface area contributed by atoms with Crippen LogP contribution >= 0.6 is 0 Å². The molecule has 0 fully saturated rings. The molecule has 0 aliphatic heterocycles. The van der Waals surface area contributed by atoms with Gasteiger partial charge in [-0.3, -0.25) is 9.59 Å². The Balaban J connectivity index is 1.90. The van der Waals surface area contributed by atoms with E-state index in [-0.39, 0.29) is 17.1 Å². The zero-order chi connectivity index (χ0) is 18.0. The summed E-state index contributed by atoms with van der Waals surface area (Å²) in [6.07, 6.45) is 0.142. The van der Waals surface area contributed by atoms with Gasteiger partial charge in [-0.25, -0.2) is 0 Å². The number of allylic oxidation sites excluding steroid dienone is 1. The number of hydrogen-bond donors (Lipinski definition) is 1. The van der Waals surface area contributed by atoms with Gasteiger partial charge in [0.25, 0.3) is 0 Å². The Morgan fingerprint density at radius 2 is 1.52 bits per heavy atom. The van der Waals surface area contributed by atoms with Crippen molar-refractivity contribution in [2.24, 2.45) is 0 Å². The molecule has 1 N–H and O–H groups in total. The van der Waals surface area contributed by atoms with E-state index >= 15 is 0 Å². The lowest BCUT2D eigenvalue weighted by Crippen LogP contribution is -2.22. The maximum atomic E-state index is 12.7. The lowest BCUT2D eigenvalue weighted by Gasteiger charge is -2.23. The normalized spacial score (nSPS) is 14.8. The van der Waals surface area contributed by atoms with Gasteiger partial charge in [0.05, 0.1) is 0 Å². The van der Waals surface area contributed by atoms with Crippen molar-refractivity contribution < 1.29 is 14.7 Å². The number of aliphatic hydroxyl groups is 1. The summed E-state index contributed by atoms with van der Waals surface area (Å²) in [5.74, 6) is -0.542. The highest BCUT2D eigenvalue weighted by atomic mass is 16.3. The second-order valence-corrected chi connectivity index (χ2v) is 6.00. The smallest absolute Gasteiger partial charge is 0.192 e. The molecule has 0 saturated heterocycles. The number of Topliss-reactive ketones (excluding diaryl/α,β-unsaturated/α-hetero) is 1. The van der Waals surface area contributed by atoms with Gasteiger partial charge in [-0.2, -0.15) is 0 Å². The highest BCUT2D eigenvalue weighted by Crippen LogP contribution is 2.31. The van der Waals surface area contributed by atoms with Crippen molar-refractivity contribution in [1.29, 1.82) is 0 Å². The molecule has 4 heteroatoms. The molecule has 0 aromatic heterocycles. The van der Waals surface area contributed by atoms with Gasteiger partial charge >= 0.3 is 0 Å². The minimum absolute atomic E-state index is 0.124. The molecule has 0 amide bonds. The zero-order valence-electron chi connectivity index (χ0n) is 14.4. The second kappa shape index (κ2) is 7.03. The van der Waals surface area contributed by atoms with Crippen LogP contribution in [0.3, 0.4) is 0 Å². The van der Waals surface area contributed by atoms with Crippen molar-refractivity contribution in [1.82, 2.24) is 0 Å². The van der Waals surface area contributed by atoms with E-state index in [9.17, 15) is 14.7 Å². The molecular formula is C21H21NO3. The third-order valence-corrected chi connectivity index (χ3v) is 4.62. The molecule has 1 atom stereocenters. The molecule has 128 valence electrons. The van der Waals surface area contributed by atoms with Crippen molar-refractivity contribution in [2.75, 3.05) is 18.0 Å². The van der Waals surface area contributed by atoms with Gasteiger partial charge in [0, 0.05) is 35.5 Å². The fraction of sp³-hybridized carbons (Fsp3) is 0.238. The summed E-state index contributed by atoms with van der Waals surface area (Å²) in [4.78, 5) is 27.1. The Labute approximate surface area is 147 Å². The largest absolute Gasteiger partial charge is 0.384 e. The minimum atomic E-state index is -1.12. The Kier molecular flexibility index (Phi) is 4.81. The molecule has 0 bridgehead atoms. The number of aliphatic hydroxyl groups excluding tert-OH is 1. The Morgan fingerprint density at radius 1 is 0.920 bits per heavy atom. The molecule has 25 heavy (non-hydrogen) atoms. The van der Waals surface area contributed by atoms with Crippen LogP contribution in [0.2, 0.25) is 0 Å². The maximum Gasteiger partial charge on any atom is 0.192 e. The summed E-state index contributed by atoms with van der Waals surface area (Å²) in [6.45, 7) is 5.96. The van der Waals surface area contributed by atoms with Gasteiger partial charge in [0.2, 0.25) is 0 Å². The average Bonchev–Trinajstić information content (AvgIpc) is 2.66. The van der Waals surface area contributed by atoms with Gasteiger partial charge in [0.1, 0.15) is 6.10 Å². The van der Waals surface area contributed by atoms with Crippen molar-refractivity contribution in [3.8, 4) is 0 Å². The molecule has 0 spiro atoms. The number of carbonyl (C=O) groups is 2. The molecule has 3 rings (SSSR count). The molecule has 0 radical (unpaired) electrons. The van der Waals surface area contributed by atoms with Crippen molar-refractivity contribution in [2.45, 2.75) is 20.0 Å². The van der Waals surface area contributed by atoms with E-state index in [4.69, 9.17) is 0 Å². The van der Waals surface area contributed by atoms with Gasteiger partial charge < -0.3 is 10.0 Å². The van der Waals surface area contributed by atoms with Gasteiger partial charge in [-0.1, -0.05) is 36.4 Å². The van der Waals surface area contributed by atoms with Crippen LogP contribution in [0.1, 0.15) is 46.2 Å². The average molecular weight is 335 g/mol. The number of rotatable bonds is 5. The van der Waals surface area contributed by atoms with Crippen LogP contribution in [-0.2, 0) is 0 Å². The number of carbonyl (C=O) groups excluding carboxylic acids is 2. The zero-order valence-corrected chi connectivity index (χ0v) is 14.4. The lowest BCUT2D eigenvalue weighted by molar-refractivity contribution is 0.0947. The predicted octanol–water partition coefficient (Wildman–Crippen LogP) is 3.57. The highest BCUT2D eigenvalue weighted by Gasteiger charge is 2.29. The van der Waals surface area contributed by atoms with Crippen LogP contribution in [0.15, 0.2) is 60.2 Å². The van der Waals surface area contributed by atoms with E-state index < -0.39 is 6.10 Å². The Bertz CT molecular complexity index is 832. The number of ketones is 2. The third-order valence-electron chi connectivity index (χ3n) is 4.62. The summed E-state index contributed by atoms with van der Waals surface area (Å²) < 4.78 is 0. The van der Waals surface area contributed by atoms with Crippen molar-refractivity contribution >= 4 is 17.3 Å². The summed E-state index contributed by atoms with van der Waals surface area (Å²) in [7, 11) is 0. The fourth-order valence-corrected chi connectivity index (χ4v) is 3.17. The van der Waals surface area contributed by atoms with Crippen LogP contribution in [-0.4, -0.2) is 29.8 Å². The summed E-state index contributed by atoms with van der Waals surface area (Å²) in [6, 6.07) is 14.2. The molecule has 1 aliphatic carbocycles. The Morgan fingerprint density at radius 3 is 2.12 bits per heavy atom. The summed E-state index contributed by atoms with van der Waals surface area (Å²) >= 11 is 0. The SMILES string of the molecule is CCN(CC)c1ccc(C(O)C2=CC(=O)c3ccccc3C2=O)cc1. The fourth-order valence-electron chi connectivity index (χ4n) is 3.17. The number of benzene rings is 2. The minimum Gasteiger partial charge on any atom is -0.384 e. The first-order valence-corrected chi connectivity index (χ1v) is 8.49. The van der Waals surface area contributed by atoms with Gasteiger partial charge in [-0.15, -0.1) is 0 Å². The molecule has 1 unspecified atom stereocenters. The summed E-state index contributed by atoms with van der Waals surface area (Å²) in [5, 5.41) is 10.6. The van der Waals surface area contributed by atoms with E-state index in [0.29, 0.717) is 16.7 Å².